The van der Waals surface area contributed by atoms with Crippen LogP contribution in [0.1, 0.15) is 24.0 Å². The van der Waals surface area contributed by atoms with Gasteiger partial charge in [-0.1, -0.05) is 0 Å². The van der Waals surface area contributed by atoms with Gasteiger partial charge >= 0.3 is 5.69 Å². The van der Waals surface area contributed by atoms with E-state index in [0.717, 1.165) is 30.5 Å². The standard InChI is InChI=1S/C13H16N2O4/c1-14-10-8-4-2-7-19-13(8)11(15(16)17)9-5-3-6-18-12(9)10/h14H,2-7H2,1H3. The van der Waals surface area contributed by atoms with Crippen LogP contribution in [-0.2, 0) is 12.8 Å². The van der Waals surface area contributed by atoms with Gasteiger partial charge in [-0.3, -0.25) is 10.1 Å². The molecule has 6 heteroatoms. The number of hydrogen-bond donors (Lipinski definition) is 1. The van der Waals surface area contributed by atoms with Gasteiger partial charge < -0.3 is 14.8 Å². The van der Waals surface area contributed by atoms with Gasteiger partial charge in [0.25, 0.3) is 0 Å². The highest BCUT2D eigenvalue weighted by Crippen LogP contribution is 2.50. The van der Waals surface area contributed by atoms with Crippen molar-refractivity contribution in [2.24, 2.45) is 0 Å². The van der Waals surface area contributed by atoms with E-state index in [2.05, 4.69) is 5.32 Å². The summed E-state index contributed by atoms with van der Waals surface area (Å²) in [7, 11) is 1.81. The number of rotatable bonds is 2. The first kappa shape index (κ1) is 12.1. The fourth-order valence-corrected chi connectivity index (χ4v) is 2.88. The summed E-state index contributed by atoms with van der Waals surface area (Å²) in [5.74, 6) is 1.08. The van der Waals surface area contributed by atoms with Crippen LogP contribution in [0.5, 0.6) is 11.5 Å². The monoisotopic (exact) mass is 264 g/mol. The summed E-state index contributed by atoms with van der Waals surface area (Å²) in [6, 6.07) is 0. The lowest BCUT2D eigenvalue weighted by molar-refractivity contribution is -0.386. The molecule has 6 nitrogen and oxygen atoms in total. The number of hydrogen-bond acceptors (Lipinski definition) is 5. The Morgan fingerprint density at radius 2 is 1.74 bits per heavy atom. The Morgan fingerprint density at radius 1 is 1.11 bits per heavy atom. The Hall–Kier alpha value is -1.98. The highest BCUT2D eigenvalue weighted by molar-refractivity contribution is 5.77. The van der Waals surface area contributed by atoms with Crippen LogP contribution in [0.2, 0.25) is 0 Å². The molecule has 0 aliphatic carbocycles. The van der Waals surface area contributed by atoms with E-state index in [0.29, 0.717) is 36.7 Å². The predicted molar refractivity (Wildman–Crippen MR) is 70.3 cm³/mol. The summed E-state index contributed by atoms with van der Waals surface area (Å²) < 4.78 is 11.3. The summed E-state index contributed by atoms with van der Waals surface area (Å²) in [6.45, 7) is 1.15. The van der Waals surface area contributed by atoms with Gasteiger partial charge in [-0.15, -0.1) is 0 Å². The maximum Gasteiger partial charge on any atom is 0.318 e. The van der Waals surface area contributed by atoms with Crippen molar-refractivity contribution in [3.63, 3.8) is 0 Å². The zero-order chi connectivity index (χ0) is 13.4. The average Bonchev–Trinajstić information content (AvgIpc) is 2.44. The van der Waals surface area contributed by atoms with Crippen LogP contribution >= 0.6 is 0 Å². The minimum absolute atomic E-state index is 0.100. The van der Waals surface area contributed by atoms with Crippen molar-refractivity contribution >= 4 is 11.4 Å². The van der Waals surface area contributed by atoms with E-state index in [1.807, 2.05) is 7.05 Å². The largest absolute Gasteiger partial charge is 0.491 e. The van der Waals surface area contributed by atoms with Gasteiger partial charge in [-0.25, -0.2) is 0 Å². The molecule has 0 saturated heterocycles. The highest BCUT2D eigenvalue weighted by atomic mass is 16.6. The lowest BCUT2D eigenvalue weighted by Crippen LogP contribution is -2.18. The maximum atomic E-state index is 11.4. The maximum absolute atomic E-state index is 11.4. The smallest absolute Gasteiger partial charge is 0.318 e. The van der Waals surface area contributed by atoms with E-state index in [4.69, 9.17) is 9.47 Å². The number of benzene rings is 1. The van der Waals surface area contributed by atoms with E-state index in [1.54, 1.807) is 0 Å². The zero-order valence-corrected chi connectivity index (χ0v) is 10.8. The normalized spacial score (nSPS) is 16.7. The predicted octanol–water partition coefficient (Wildman–Crippen LogP) is 2.29. The Balaban J connectivity index is 2.31. The molecule has 102 valence electrons. The number of nitro benzene ring substituents is 1. The number of nitro groups is 1. The minimum atomic E-state index is -0.336. The number of nitrogens with zero attached hydrogens (tertiary/aromatic N) is 1. The van der Waals surface area contributed by atoms with Gasteiger partial charge in [0.15, 0.2) is 5.75 Å². The molecule has 2 aliphatic heterocycles. The van der Waals surface area contributed by atoms with Crippen molar-refractivity contribution in [2.75, 3.05) is 25.6 Å². The molecule has 3 rings (SSSR count). The summed E-state index contributed by atoms with van der Waals surface area (Å²) in [5, 5.41) is 14.5. The van der Waals surface area contributed by atoms with Crippen LogP contribution in [0.25, 0.3) is 0 Å². The molecule has 0 radical (unpaired) electrons. The summed E-state index contributed by atoms with van der Waals surface area (Å²) in [4.78, 5) is 11.1. The fraction of sp³-hybridized carbons (Fsp3) is 0.538. The zero-order valence-electron chi connectivity index (χ0n) is 10.8. The topological polar surface area (TPSA) is 73.6 Å². The molecule has 1 aromatic carbocycles. The quantitative estimate of drug-likeness (QED) is 0.655. The van der Waals surface area contributed by atoms with Crippen LogP contribution in [0.4, 0.5) is 11.4 Å². The molecule has 0 fully saturated rings. The first-order valence-corrected chi connectivity index (χ1v) is 6.53. The molecule has 2 aliphatic rings. The first-order valence-electron chi connectivity index (χ1n) is 6.53. The van der Waals surface area contributed by atoms with Crippen LogP contribution in [0.15, 0.2) is 0 Å². The van der Waals surface area contributed by atoms with E-state index in [9.17, 15) is 10.1 Å². The van der Waals surface area contributed by atoms with Crippen molar-refractivity contribution in [1.29, 1.82) is 0 Å². The second-order valence-corrected chi connectivity index (χ2v) is 4.75. The molecule has 0 bridgehead atoms. The molecular weight excluding hydrogens is 248 g/mol. The SMILES string of the molecule is CNc1c2c(c([N+](=O)[O-])c3c1OCCC3)OCCC2. The second-order valence-electron chi connectivity index (χ2n) is 4.75. The van der Waals surface area contributed by atoms with E-state index in [1.165, 1.54) is 0 Å². The summed E-state index contributed by atoms with van der Waals surface area (Å²) >= 11 is 0. The van der Waals surface area contributed by atoms with Crippen LogP contribution in [0, 0.1) is 10.1 Å². The molecule has 1 aromatic rings. The van der Waals surface area contributed by atoms with E-state index >= 15 is 0 Å². The molecule has 0 amide bonds. The molecule has 0 aromatic heterocycles. The van der Waals surface area contributed by atoms with Crippen LogP contribution in [0.3, 0.4) is 0 Å². The molecular formula is C13H16N2O4. The van der Waals surface area contributed by atoms with Crippen molar-refractivity contribution in [1.82, 2.24) is 0 Å². The van der Waals surface area contributed by atoms with Crippen molar-refractivity contribution in [2.45, 2.75) is 25.7 Å². The summed E-state index contributed by atoms with van der Waals surface area (Å²) in [5.41, 5.74) is 2.50. The molecule has 19 heavy (non-hydrogen) atoms. The Bertz CT molecular complexity index is 505. The third-order valence-electron chi connectivity index (χ3n) is 3.65. The van der Waals surface area contributed by atoms with E-state index < -0.39 is 0 Å². The fourth-order valence-electron chi connectivity index (χ4n) is 2.88. The number of fused-ring (bicyclic) bond motifs is 2. The van der Waals surface area contributed by atoms with E-state index in [-0.39, 0.29) is 10.6 Å². The molecule has 1 N–H and O–H groups in total. The van der Waals surface area contributed by atoms with Crippen LogP contribution < -0.4 is 14.8 Å². The second kappa shape index (κ2) is 4.60. The van der Waals surface area contributed by atoms with Gasteiger partial charge in [0.2, 0.25) is 5.75 Å². The lowest BCUT2D eigenvalue weighted by Gasteiger charge is -2.27. The summed E-state index contributed by atoms with van der Waals surface area (Å²) in [6.07, 6.45) is 3.12. The van der Waals surface area contributed by atoms with Gasteiger partial charge in [0.1, 0.15) is 0 Å². The first-order chi connectivity index (χ1) is 9.24. The molecule has 0 unspecified atom stereocenters. The minimum Gasteiger partial charge on any atom is -0.491 e. The molecule has 0 atom stereocenters. The Morgan fingerprint density at radius 3 is 2.37 bits per heavy atom. The van der Waals surface area contributed by atoms with Gasteiger partial charge in [-0.05, 0) is 25.7 Å². The Labute approximate surface area is 110 Å². The van der Waals surface area contributed by atoms with Gasteiger partial charge in [0.05, 0.1) is 29.4 Å². The Kier molecular flexibility index (Phi) is 2.93. The van der Waals surface area contributed by atoms with Crippen molar-refractivity contribution in [3.05, 3.63) is 21.2 Å². The third kappa shape index (κ3) is 1.78. The molecule has 0 saturated carbocycles. The van der Waals surface area contributed by atoms with Gasteiger partial charge in [-0.2, -0.15) is 0 Å². The third-order valence-corrected chi connectivity index (χ3v) is 3.65. The van der Waals surface area contributed by atoms with Crippen molar-refractivity contribution in [3.8, 4) is 11.5 Å². The number of ether oxygens (including phenoxy) is 2. The van der Waals surface area contributed by atoms with Crippen LogP contribution in [-0.4, -0.2) is 25.2 Å². The van der Waals surface area contributed by atoms with Gasteiger partial charge in [0, 0.05) is 12.6 Å². The highest BCUT2D eigenvalue weighted by Gasteiger charge is 2.35. The molecule has 0 spiro atoms. The number of nitrogens with one attached hydrogen (secondary N) is 1. The number of anilines is 1. The van der Waals surface area contributed by atoms with Crippen molar-refractivity contribution < 1.29 is 14.4 Å². The lowest BCUT2D eigenvalue weighted by atomic mass is 9.94. The average molecular weight is 264 g/mol. The molecule has 2 heterocycles.